The molecule has 1 heterocycles. The summed E-state index contributed by atoms with van der Waals surface area (Å²) in [5.41, 5.74) is 2.78. The van der Waals surface area contributed by atoms with E-state index in [1.807, 2.05) is 0 Å². The maximum Gasteiger partial charge on any atom is 0.0207 e. The summed E-state index contributed by atoms with van der Waals surface area (Å²) in [6.45, 7) is 4.45. The highest BCUT2D eigenvalue weighted by molar-refractivity contribution is 9.10. The van der Waals surface area contributed by atoms with Crippen LogP contribution in [0.3, 0.4) is 0 Å². The Hall–Kier alpha value is -0.340. The summed E-state index contributed by atoms with van der Waals surface area (Å²) in [5.74, 6) is 0.709. The van der Waals surface area contributed by atoms with Gasteiger partial charge in [-0.15, -0.1) is 0 Å². The van der Waals surface area contributed by atoms with Gasteiger partial charge in [0.25, 0.3) is 0 Å². The fraction of sp³-hybridized carbons (Fsp3) is 0.500. The van der Waals surface area contributed by atoms with Crippen molar-refractivity contribution >= 4 is 15.9 Å². The molecule has 1 fully saturated rings. The van der Waals surface area contributed by atoms with E-state index in [2.05, 4.69) is 46.4 Å². The number of benzene rings is 1. The monoisotopic (exact) mass is 253 g/mol. The molecule has 0 amide bonds. The van der Waals surface area contributed by atoms with E-state index < -0.39 is 0 Å². The molecule has 1 aliphatic rings. The largest absolute Gasteiger partial charge is 0.316 e. The lowest BCUT2D eigenvalue weighted by atomic mass is 9.91. The predicted molar refractivity (Wildman–Crippen MR) is 63.7 cm³/mol. The zero-order chi connectivity index (χ0) is 9.97. The molecule has 0 bridgehead atoms. The van der Waals surface area contributed by atoms with Crippen LogP contribution in [0.25, 0.3) is 0 Å². The number of piperidine rings is 1. The highest BCUT2D eigenvalue weighted by Gasteiger charge is 2.15. The average molecular weight is 254 g/mol. The average Bonchev–Trinajstić information content (AvgIpc) is 2.23. The minimum Gasteiger partial charge on any atom is -0.316 e. The van der Waals surface area contributed by atoms with Gasteiger partial charge in [0, 0.05) is 11.0 Å². The number of hydrogen-bond donors (Lipinski definition) is 1. The number of rotatable bonds is 1. The minimum absolute atomic E-state index is 0.709. The maximum absolute atomic E-state index is 3.59. The lowest BCUT2D eigenvalue weighted by Gasteiger charge is -2.23. The zero-order valence-corrected chi connectivity index (χ0v) is 10.1. The first-order valence-electron chi connectivity index (χ1n) is 5.24. The van der Waals surface area contributed by atoms with Gasteiger partial charge >= 0.3 is 0 Å². The van der Waals surface area contributed by atoms with Gasteiger partial charge in [-0.2, -0.15) is 0 Å². The Morgan fingerprint density at radius 2 is 2.29 bits per heavy atom. The lowest BCUT2D eigenvalue weighted by molar-refractivity contribution is 0.461. The first-order valence-corrected chi connectivity index (χ1v) is 6.03. The van der Waals surface area contributed by atoms with E-state index in [0.717, 1.165) is 6.54 Å². The smallest absolute Gasteiger partial charge is 0.0207 e. The standard InChI is InChI=1S/C12H16BrN/c1-9-4-5-10(7-12(9)13)11-3-2-6-14-8-11/h4-5,7,11,14H,2-3,6,8H2,1H3/t11-/m1/s1. The van der Waals surface area contributed by atoms with Crippen molar-refractivity contribution in [3.05, 3.63) is 33.8 Å². The Morgan fingerprint density at radius 1 is 1.43 bits per heavy atom. The molecule has 1 atom stereocenters. The topological polar surface area (TPSA) is 12.0 Å². The van der Waals surface area contributed by atoms with Crippen LogP contribution in [0.4, 0.5) is 0 Å². The lowest BCUT2D eigenvalue weighted by Crippen LogP contribution is -2.28. The van der Waals surface area contributed by atoms with Gasteiger partial charge in [-0.05, 0) is 49.4 Å². The molecule has 0 unspecified atom stereocenters. The van der Waals surface area contributed by atoms with Crippen molar-refractivity contribution in [2.24, 2.45) is 0 Å². The van der Waals surface area contributed by atoms with E-state index in [1.165, 1.54) is 35.0 Å². The van der Waals surface area contributed by atoms with Crippen molar-refractivity contribution in [1.82, 2.24) is 5.32 Å². The highest BCUT2D eigenvalue weighted by Crippen LogP contribution is 2.27. The Balaban J connectivity index is 2.18. The molecule has 0 saturated carbocycles. The molecule has 0 aliphatic carbocycles. The van der Waals surface area contributed by atoms with Gasteiger partial charge < -0.3 is 5.32 Å². The molecule has 0 aromatic heterocycles. The number of halogens is 1. The van der Waals surface area contributed by atoms with Crippen LogP contribution in [0.1, 0.15) is 29.9 Å². The second-order valence-corrected chi connectivity index (χ2v) is 4.91. The summed E-state index contributed by atoms with van der Waals surface area (Å²) in [7, 11) is 0. The van der Waals surface area contributed by atoms with Gasteiger partial charge in [0.1, 0.15) is 0 Å². The third-order valence-corrected chi connectivity index (χ3v) is 3.82. The molecule has 2 rings (SSSR count). The van der Waals surface area contributed by atoms with E-state index >= 15 is 0 Å². The van der Waals surface area contributed by atoms with Crippen LogP contribution in [0.2, 0.25) is 0 Å². The van der Waals surface area contributed by atoms with Crippen LogP contribution < -0.4 is 5.32 Å². The number of nitrogens with one attached hydrogen (secondary N) is 1. The van der Waals surface area contributed by atoms with Crippen LogP contribution >= 0.6 is 15.9 Å². The third-order valence-electron chi connectivity index (χ3n) is 2.96. The molecule has 1 N–H and O–H groups in total. The van der Waals surface area contributed by atoms with E-state index in [-0.39, 0.29) is 0 Å². The van der Waals surface area contributed by atoms with Gasteiger partial charge in [-0.25, -0.2) is 0 Å². The molecule has 1 aromatic rings. The third kappa shape index (κ3) is 2.18. The van der Waals surface area contributed by atoms with E-state index in [4.69, 9.17) is 0 Å². The fourth-order valence-electron chi connectivity index (χ4n) is 2.00. The normalized spacial score (nSPS) is 22.3. The Bertz CT molecular complexity index is 316. The minimum atomic E-state index is 0.709. The van der Waals surface area contributed by atoms with Gasteiger partial charge in [-0.3, -0.25) is 0 Å². The first kappa shape index (κ1) is 10.2. The molecule has 76 valence electrons. The summed E-state index contributed by atoms with van der Waals surface area (Å²) in [5, 5.41) is 3.45. The Kier molecular flexibility index (Phi) is 3.24. The van der Waals surface area contributed by atoms with Crippen molar-refractivity contribution < 1.29 is 0 Å². The summed E-state index contributed by atoms with van der Waals surface area (Å²) >= 11 is 3.59. The molecule has 1 nitrogen and oxygen atoms in total. The van der Waals surface area contributed by atoms with Crippen LogP contribution in [0, 0.1) is 6.92 Å². The quantitative estimate of drug-likeness (QED) is 0.811. The van der Waals surface area contributed by atoms with Crippen LogP contribution in [-0.4, -0.2) is 13.1 Å². The van der Waals surface area contributed by atoms with E-state index in [1.54, 1.807) is 0 Å². The molecule has 0 spiro atoms. The number of hydrogen-bond acceptors (Lipinski definition) is 1. The molecule has 2 heteroatoms. The van der Waals surface area contributed by atoms with Crippen LogP contribution in [0.5, 0.6) is 0 Å². The summed E-state index contributed by atoms with van der Waals surface area (Å²) in [6.07, 6.45) is 2.62. The zero-order valence-electron chi connectivity index (χ0n) is 8.52. The van der Waals surface area contributed by atoms with E-state index in [0.29, 0.717) is 5.92 Å². The molecule has 1 aliphatic heterocycles. The molecule has 1 saturated heterocycles. The van der Waals surface area contributed by atoms with Gasteiger partial charge in [0.05, 0.1) is 0 Å². The second-order valence-electron chi connectivity index (χ2n) is 4.05. The van der Waals surface area contributed by atoms with Crippen LogP contribution in [-0.2, 0) is 0 Å². The number of aryl methyl sites for hydroxylation is 1. The molecule has 14 heavy (non-hydrogen) atoms. The first-order chi connectivity index (χ1) is 6.77. The second kappa shape index (κ2) is 4.45. The Morgan fingerprint density at radius 3 is 2.93 bits per heavy atom. The van der Waals surface area contributed by atoms with Crippen molar-refractivity contribution in [2.45, 2.75) is 25.7 Å². The van der Waals surface area contributed by atoms with Crippen molar-refractivity contribution in [3.63, 3.8) is 0 Å². The summed E-state index contributed by atoms with van der Waals surface area (Å²) in [4.78, 5) is 0. The van der Waals surface area contributed by atoms with Crippen molar-refractivity contribution in [2.75, 3.05) is 13.1 Å². The molecule has 0 radical (unpaired) electrons. The Labute approximate surface area is 94.0 Å². The van der Waals surface area contributed by atoms with Gasteiger partial charge in [-0.1, -0.05) is 28.1 Å². The SMILES string of the molecule is Cc1ccc([C@@H]2CCCNC2)cc1Br. The highest BCUT2D eigenvalue weighted by atomic mass is 79.9. The van der Waals surface area contributed by atoms with Crippen molar-refractivity contribution in [1.29, 1.82) is 0 Å². The van der Waals surface area contributed by atoms with Gasteiger partial charge in [0.2, 0.25) is 0 Å². The molecular formula is C12H16BrN. The summed E-state index contributed by atoms with van der Waals surface area (Å²) in [6, 6.07) is 6.73. The predicted octanol–water partition coefficient (Wildman–Crippen LogP) is 3.22. The summed E-state index contributed by atoms with van der Waals surface area (Å²) < 4.78 is 1.24. The molecule has 1 aromatic carbocycles. The van der Waals surface area contributed by atoms with Crippen LogP contribution in [0.15, 0.2) is 22.7 Å². The van der Waals surface area contributed by atoms with E-state index in [9.17, 15) is 0 Å². The van der Waals surface area contributed by atoms with Crippen molar-refractivity contribution in [3.8, 4) is 0 Å². The molecular weight excluding hydrogens is 238 g/mol. The van der Waals surface area contributed by atoms with Gasteiger partial charge in [0.15, 0.2) is 0 Å². The fourth-order valence-corrected chi connectivity index (χ4v) is 2.40. The maximum atomic E-state index is 3.59.